The van der Waals surface area contributed by atoms with Gasteiger partial charge in [-0.1, -0.05) is 0 Å². The third-order valence-electron chi connectivity index (χ3n) is 1.95. The van der Waals surface area contributed by atoms with Crippen LogP contribution in [0.15, 0.2) is 6.07 Å². The number of thioether (sulfide) groups is 1. The summed E-state index contributed by atoms with van der Waals surface area (Å²) in [7, 11) is 0. The highest BCUT2D eigenvalue weighted by atomic mass is 32.2. The Hall–Kier alpha value is -0.970. The molecule has 15 heavy (non-hydrogen) atoms. The number of nitrogen functional groups attached to an aromatic ring is 1. The van der Waals surface area contributed by atoms with E-state index in [0.717, 1.165) is 24.5 Å². The highest BCUT2D eigenvalue weighted by Crippen LogP contribution is 2.07. The van der Waals surface area contributed by atoms with Crippen LogP contribution in [0.5, 0.6) is 0 Å². The Kier molecular flexibility index (Phi) is 5.25. The van der Waals surface area contributed by atoms with E-state index in [1.54, 1.807) is 0 Å². The lowest BCUT2D eigenvalue weighted by Gasteiger charge is -2.06. The van der Waals surface area contributed by atoms with Crippen LogP contribution in [0.25, 0.3) is 0 Å². The summed E-state index contributed by atoms with van der Waals surface area (Å²) in [6.07, 6.45) is 4.51. The summed E-state index contributed by atoms with van der Waals surface area (Å²) < 4.78 is 0. The maximum Gasteiger partial charge on any atom is 0.222 e. The van der Waals surface area contributed by atoms with E-state index in [0.29, 0.717) is 5.95 Å². The van der Waals surface area contributed by atoms with Crippen molar-refractivity contribution in [3.05, 3.63) is 11.8 Å². The molecule has 0 radical (unpaired) electrons. The summed E-state index contributed by atoms with van der Waals surface area (Å²) in [6.45, 7) is 2.85. The van der Waals surface area contributed by atoms with E-state index in [9.17, 15) is 0 Å². The van der Waals surface area contributed by atoms with Crippen molar-refractivity contribution in [1.82, 2.24) is 9.97 Å². The minimum atomic E-state index is 0.335. The number of anilines is 2. The monoisotopic (exact) mass is 226 g/mol. The largest absolute Gasteiger partial charge is 0.370 e. The zero-order valence-electron chi connectivity index (χ0n) is 9.29. The molecule has 0 fully saturated rings. The number of hydrogen-bond acceptors (Lipinski definition) is 5. The second kappa shape index (κ2) is 6.50. The zero-order chi connectivity index (χ0) is 11.1. The van der Waals surface area contributed by atoms with Crippen molar-refractivity contribution in [1.29, 1.82) is 0 Å². The van der Waals surface area contributed by atoms with Crippen LogP contribution in [0.1, 0.15) is 18.5 Å². The maximum atomic E-state index is 5.55. The van der Waals surface area contributed by atoms with Crippen LogP contribution < -0.4 is 11.1 Å². The van der Waals surface area contributed by atoms with Crippen molar-refractivity contribution in [3.8, 4) is 0 Å². The maximum absolute atomic E-state index is 5.55. The standard InChI is InChI=1S/C10H18N4S/c1-8-7-9(14-10(11)13-8)12-5-3-4-6-15-2/h7H,3-6H2,1-2H3,(H3,11,12,13,14). The van der Waals surface area contributed by atoms with Crippen LogP contribution in [0, 0.1) is 6.92 Å². The van der Waals surface area contributed by atoms with Gasteiger partial charge in [-0.15, -0.1) is 0 Å². The number of aromatic nitrogens is 2. The van der Waals surface area contributed by atoms with Crippen molar-refractivity contribution >= 4 is 23.5 Å². The van der Waals surface area contributed by atoms with E-state index in [4.69, 9.17) is 5.73 Å². The fraction of sp³-hybridized carbons (Fsp3) is 0.600. The van der Waals surface area contributed by atoms with E-state index in [-0.39, 0.29) is 0 Å². The number of hydrogen-bond donors (Lipinski definition) is 2. The van der Waals surface area contributed by atoms with E-state index < -0.39 is 0 Å². The SMILES string of the molecule is CSCCCCNc1cc(C)nc(N)n1. The quantitative estimate of drug-likeness (QED) is 0.726. The molecule has 0 saturated heterocycles. The first-order chi connectivity index (χ1) is 7.22. The fourth-order valence-electron chi connectivity index (χ4n) is 1.27. The summed E-state index contributed by atoms with van der Waals surface area (Å²) in [5.74, 6) is 2.37. The molecule has 0 aliphatic rings. The van der Waals surface area contributed by atoms with Gasteiger partial charge in [-0.25, -0.2) is 4.98 Å². The number of rotatable bonds is 6. The molecule has 0 amide bonds. The number of nitrogens with one attached hydrogen (secondary N) is 1. The second-order valence-corrected chi connectivity index (χ2v) is 4.37. The Morgan fingerprint density at radius 2 is 2.20 bits per heavy atom. The Labute approximate surface area is 95.1 Å². The highest BCUT2D eigenvalue weighted by molar-refractivity contribution is 7.98. The molecule has 1 aromatic rings. The number of nitrogens with two attached hydrogens (primary N) is 1. The topological polar surface area (TPSA) is 63.8 Å². The predicted molar refractivity (Wildman–Crippen MR) is 67.3 cm³/mol. The van der Waals surface area contributed by atoms with Crippen LogP contribution in [-0.2, 0) is 0 Å². The molecule has 5 heteroatoms. The van der Waals surface area contributed by atoms with E-state index in [1.165, 1.54) is 12.2 Å². The Balaban J connectivity index is 2.31. The minimum absolute atomic E-state index is 0.335. The first kappa shape index (κ1) is 12.1. The summed E-state index contributed by atoms with van der Waals surface area (Å²) in [6, 6.07) is 1.91. The molecule has 0 bridgehead atoms. The molecule has 0 aromatic carbocycles. The van der Waals surface area contributed by atoms with Crippen LogP contribution in [0.3, 0.4) is 0 Å². The minimum Gasteiger partial charge on any atom is -0.370 e. The van der Waals surface area contributed by atoms with Gasteiger partial charge in [0.05, 0.1) is 0 Å². The predicted octanol–water partition coefficient (Wildman–Crippen LogP) is 1.92. The van der Waals surface area contributed by atoms with Crippen LogP contribution in [0.4, 0.5) is 11.8 Å². The molecular weight excluding hydrogens is 208 g/mol. The fourth-order valence-corrected chi connectivity index (χ4v) is 1.76. The lowest BCUT2D eigenvalue weighted by molar-refractivity contribution is 0.839. The van der Waals surface area contributed by atoms with Gasteiger partial charge in [-0.05, 0) is 31.8 Å². The van der Waals surface area contributed by atoms with Crippen molar-refractivity contribution in [3.63, 3.8) is 0 Å². The summed E-state index contributed by atoms with van der Waals surface area (Å²) in [5, 5.41) is 3.24. The summed E-state index contributed by atoms with van der Waals surface area (Å²) in [5.41, 5.74) is 6.44. The number of unbranched alkanes of at least 4 members (excludes halogenated alkanes) is 1. The average molecular weight is 226 g/mol. The van der Waals surface area contributed by atoms with Crippen LogP contribution >= 0.6 is 11.8 Å². The molecular formula is C10H18N4S. The summed E-state index contributed by atoms with van der Waals surface area (Å²) >= 11 is 1.88. The number of aryl methyl sites for hydroxylation is 1. The Bertz CT molecular complexity index is 283. The van der Waals surface area contributed by atoms with E-state index >= 15 is 0 Å². The van der Waals surface area contributed by atoms with Gasteiger partial charge in [0.1, 0.15) is 5.82 Å². The normalized spacial score (nSPS) is 10.3. The second-order valence-electron chi connectivity index (χ2n) is 3.38. The smallest absolute Gasteiger partial charge is 0.222 e. The first-order valence-corrected chi connectivity index (χ1v) is 6.45. The lowest BCUT2D eigenvalue weighted by Crippen LogP contribution is -2.06. The molecule has 0 spiro atoms. The molecule has 0 saturated carbocycles. The molecule has 0 unspecified atom stereocenters. The third kappa shape index (κ3) is 4.88. The molecule has 0 atom stereocenters. The van der Waals surface area contributed by atoms with Crippen molar-refractivity contribution < 1.29 is 0 Å². The van der Waals surface area contributed by atoms with Crippen molar-refractivity contribution in [2.75, 3.05) is 29.6 Å². The highest BCUT2D eigenvalue weighted by Gasteiger charge is 1.97. The molecule has 3 N–H and O–H groups in total. The van der Waals surface area contributed by atoms with Gasteiger partial charge < -0.3 is 11.1 Å². The zero-order valence-corrected chi connectivity index (χ0v) is 10.1. The molecule has 4 nitrogen and oxygen atoms in total. The van der Waals surface area contributed by atoms with Gasteiger partial charge in [-0.2, -0.15) is 16.7 Å². The Morgan fingerprint density at radius 3 is 2.87 bits per heavy atom. The van der Waals surface area contributed by atoms with Crippen molar-refractivity contribution in [2.45, 2.75) is 19.8 Å². The van der Waals surface area contributed by atoms with E-state index in [2.05, 4.69) is 21.5 Å². The van der Waals surface area contributed by atoms with Gasteiger partial charge >= 0.3 is 0 Å². The first-order valence-electron chi connectivity index (χ1n) is 5.06. The summed E-state index contributed by atoms with van der Waals surface area (Å²) in [4.78, 5) is 8.12. The Morgan fingerprint density at radius 1 is 1.40 bits per heavy atom. The van der Waals surface area contributed by atoms with Gasteiger partial charge in [-0.3, -0.25) is 0 Å². The average Bonchev–Trinajstić information content (AvgIpc) is 2.16. The number of nitrogens with zero attached hydrogens (tertiary/aromatic N) is 2. The van der Waals surface area contributed by atoms with Gasteiger partial charge in [0.2, 0.25) is 5.95 Å². The van der Waals surface area contributed by atoms with Gasteiger partial charge in [0, 0.05) is 18.3 Å². The molecule has 0 aliphatic carbocycles. The third-order valence-corrected chi connectivity index (χ3v) is 2.65. The molecule has 1 rings (SSSR count). The molecule has 1 heterocycles. The van der Waals surface area contributed by atoms with Crippen LogP contribution in [-0.4, -0.2) is 28.5 Å². The molecule has 84 valence electrons. The lowest BCUT2D eigenvalue weighted by atomic mass is 10.3. The molecule has 1 aromatic heterocycles. The van der Waals surface area contributed by atoms with Crippen molar-refractivity contribution in [2.24, 2.45) is 0 Å². The van der Waals surface area contributed by atoms with Gasteiger partial charge in [0.15, 0.2) is 0 Å². The van der Waals surface area contributed by atoms with Gasteiger partial charge in [0.25, 0.3) is 0 Å². The van der Waals surface area contributed by atoms with Crippen LogP contribution in [0.2, 0.25) is 0 Å². The van der Waals surface area contributed by atoms with E-state index in [1.807, 2.05) is 24.8 Å². The molecule has 0 aliphatic heterocycles.